The third-order valence-corrected chi connectivity index (χ3v) is 5.63. The van der Waals surface area contributed by atoms with Crippen LogP contribution in [-0.2, 0) is 19.3 Å². The largest absolute Gasteiger partial charge is 0.206 e. The van der Waals surface area contributed by atoms with Crippen molar-refractivity contribution in [1.82, 2.24) is 0 Å². The lowest BCUT2D eigenvalue weighted by Crippen LogP contribution is -2.17. The van der Waals surface area contributed by atoms with E-state index >= 15 is 4.39 Å². The van der Waals surface area contributed by atoms with Crippen LogP contribution in [0.5, 0.6) is 0 Å². The second-order valence-electron chi connectivity index (χ2n) is 7.11. The molecule has 3 aromatic rings. The number of hydrogen-bond donors (Lipinski definition) is 0. The van der Waals surface area contributed by atoms with E-state index in [1.807, 2.05) is 24.3 Å². The summed E-state index contributed by atoms with van der Waals surface area (Å²) in [6.45, 7) is 2.06. The Kier molecular flexibility index (Phi) is 4.39. The normalized spacial score (nSPS) is 16.2. The molecular formula is C23H18F3N. The molecule has 0 radical (unpaired) electrons. The molecule has 0 aromatic heterocycles. The minimum Gasteiger partial charge on any atom is -0.206 e. The van der Waals surface area contributed by atoms with Crippen molar-refractivity contribution in [2.24, 2.45) is 0 Å². The van der Waals surface area contributed by atoms with E-state index in [9.17, 15) is 8.78 Å². The molecule has 27 heavy (non-hydrogen) atoms. The Bertz CT molecular complexity index is 1100. The van der Waals surface area contributed by atoms with Crippen molar-refractivity contribution in [2.75, 3.05) is 0 Å². The molecule has 0 bridgehead atoms. The standard InChI is InChI=1S/C23H18F3N/c1-2-13-3-6-17-14(9-13)4-7-18(22(17)25)15-5-8-19-16(10-15)11-21(24)20(12-27)23(19)26/h3-4,6-7,9,11,15H,2,5,8,10H2,1H3. The summed E-state index contributed by atoms with van der Waals surface area (Å²) in [5.74, 6) is -2.00. The summed E-state index contributed by atoms with van der Waals surface area (Å²) < 4.78 is 43.5. The van der Waals surface area contributed by atoms with Gasteiger partial charge < -0.3 is 0 Å². The van der Waals surface area contributed by atoms with Crippen molar-refractivity contribution in [3.63, 3.8) is 0 Å². The van der Waals surface area contributed by atoms with Crippen molar-refractivity contribution in [3.05, 3.63) is 81.7 Å². The maximum atomic E-state index is 15.2. The number of halogens is 3. The number of hydrogen-bond acceptors (Lipinski definition) is 1. The fourth-order valence-electron chi connectivity index (χ4n) is 4.11. The van der Waals surface area contributed by atoms with E-state index in [-0.39, 0.29) is 11.7 Å². The van der Waals surface area contributed by atoms with Crippen LogP contribution in [0.25, 0.3) is 10.8 Å². The van der Waals surface area contributed by atoms with E-state index in [1.54, 1.807) is 12.1 Å². The van der Waals surface area contributed by atoms with Crippen LogP contribution in [0.2, 0.25) is 0 Å². The van der Waals surface area contributed by atoms with Gasteiger partial charge in [-0.05, 0) is 65.3 Å². The number of nitrogens with zero attached hydrogens (tertiary/aromatic N) is 1. The van der Waals surface area contributed by atoms with Gasteiger partial charge in [0.2, 0.25) is 0 Å². The zero-order valence-electron chi connectivity index (χ0n) is 15.0. The van der Waals surface area contributed by atoms with Gasteiger partial charge in [-0.3, -0.25) is 0 Å². The van der Waals surface area contributed by atoms with Crippen molar-refractivity contribution in [2.45, 2.75) is 38.5 Å². The highest BCUT2D eigenvalue weighted by Gasteiger charge is 2.28. The summed E-state index contributed by atoms with van der Waals surface area (Å²) in [5, 5.41) is 10.4. The molecule has 0 aliphatic heterocycles. The molecule has 4 heteroatoms. The second-order valence-corrected chi connectivity index (χ2v) is 7.11. The molecule has 1 atom stereocenters. The minimum atomic E-state index is -0.847. The van der Waals surface area contributed by atoms with E-state index in [2.05, 4.69) is 6.92 Å². The Balaban J connectivity index is 1.74. The van der Waals surface area contributed by atoms with Crippen molar-refractivity contribution >= 4 is 10.8 Å². The maximum absolute atomic E-state index is 15.2. The monoisotopic (exact) mass is 365 g/mol. The number of aryl methyl sites for hydroxylation is 1. The average molecular weight is 365 g/mol. The molecule has 3 aromatic carbocycles. The molecule has 1 aliphatic rings. The number of nitriles is 1. The van der Waals surface area contributed by atoms with Gasteiger partial charge in [-0.15, -0.1) is 0 Å². The molecule has 0 saturated heterocycles. The molecule has 4 rings (SSSR count). The molecule has 1 aliphatic carbocycles. The maximum Gasteiger partial charge on any atom is 0.147 e. The first kappa shape index (κ1) is 17.6. The van der Waals surface area contributed by atoms with Gasteiger partial charge in [0.05, 0.1) is 0 Å². The topological polar surface area (TPSA) is 23.8 Å². The minimum absolute atomic E-state index is 0.139. The van der Waals surface area contributed by atoms with Gasteiger partial charge in [0.1, 0.15) is 29.1 Å². The van der Waals surface area contributed by atoms with Gasteiger partial charge in [0.25, 0.3) is 0 Å². The van der Waals surface area contributed by atoms with Crippen LogP contribution in [0.1, 0.15) is 47.1 Å². The zero-order valence-corrected chi connectivity index (χ0v) is 15.0. The number of fused-ring (bicyclic) bond motifs is 2. The molecule has 1 unspecified atom stereocenters. The molecule has 0 N–H and O–H groups in total. The van der Waals surface area contributed by atoms with E-state index in [0.29, 0.717) is 41.3 Å². The molecule has 136 valence electrons. The van der Waals surface area contributed by atoms with Crippen molar-refractivity contribution in [3.8, 4) is 6.07 Å². The quantitative estimate of drug-likeness (QED) is 0.549. The molecule has 1 nitrogen and oxygen atoms in total. The van der Waals surface area contributed by atoms with E-state index in [1.165, 1.54) is 6.07 Å². The summed E-state index contributed by atoms with van der Waals surface area (Å²) >= 11 is 0. The highest BCUT2D eigenvalue weighted by molar-refractivity contribution is 5.84. The predicted octanol–water partition coefficient (Wildman–Crippen LogP) is 5.96. The van der Waals surface area contributed by atoms with Gasteiger partial charge in [-0.2, -0.15) is 5.26 Å². The number of benzene rings is 3. The van der Waals surface area contributed by atoms with Crippen LogP contribution in [0.4, 0.5) is 13.2 Å². The van der Waals surface area contributed by atoms with Crippen LogP contribution in [0.3, 0.4) is 0 Å². The highest BCUT2D eigenvalue weighted by Crippen LogP contribution is 2.38. The van der Waals surface area contributed by atoms with Crippen molar-refractivity contribution < 1.29 is 13.2 Å². The smallest absolute Gasteiger partial charge is 0.147 e. The van der Waals surface area contributed by atoms with Gasteiger partial charge in [0, 0.05) is 5.39 Å². The Labute approximate surface area is 156 Å². The lowest BCUT2D eigenvalue weighted by molar-refractivity contribution is 0.505. The number of rotatable bonds is 2. The van der Waals surface area contributed by atoms with Gasteiger partial charge in [-0.1, -0.05) is 37.3 Å². The van der Waals surface area contributed by atoms with Crippen LogP contribution in [0.15, 0.2) is 36.4 Å². The third-order valence-electron chi connectivity index (χ3n) is 5.63. The van der Waals surface area contributed by atoms with Gasteiger partial charge in [-0.25, -0.2) is 13.2 Å². The summed E-state index contributed by atoms with van der Waals surface area (Å²) in [6.07, 6.45) is 2.19. The summed E-state index contributed by atoms with van der Waals surface area (Å²) in [4.78, 5) is 0. The third kappa shape index (κ3) is 2.88. The Morgan fingerprint density at radius 3 is 2.63 bits per heavy atom. The lowest BCUT2D eigenvalue weighted by Gasteiger charge is -2.26. The Morgan fingerprint density at radius 2 is 1.89 bits per heavy atom. The SMILES string of the molecule is CCc1ccc2c(F)c(C3CCc4c(cc(F)c(C#N)c4F)C3)ccc2c1. The van der Waals surface area contributed by atoms with E-state index in [0.717, 1.165) is 17.4 Å². The molecular weight excluding hydrogens is 347 g/mol. The van der Waals surface area contributed by atoms with Crippen LogP contribution >= 0.6 is 0 Å². The van der Waals surface area contributed by atoms with E-state index < -0.39 is 17.2 Å². The summed E-state index contributed by atoms with van der Waals surface area (Å²) in [6, 6.07) is 12.3. The Morgan fingerprint density at radius 1 is 1.07 bits per heavy atom. The first-order chi connectivity index (χ1) is 13.0. The lowest BCUT2D eigenvalue weighted by atomic mass is 9.78. The molecule has 0 heterocycles. The van der Waals surface area contributed by atoms with Gasteiger partial charge in [0.15, 0.2) is 0 Å². The fourth-order valence-corrected chi connectivity index (χ4v) is 4.11. The van der Waals surface area contributed by atoms with Crippen LogP contribution < -0.4 is 0 Å². The van der Waals surface area contributed by atoms with Crippen LogP contribution in [-0.4, -0.2) is 0 Å². The van der Waals surface area contributed by atoms with E-state index in [4.69, 9.17) is 5.26 Å². The second kappa shape index (κ2) is 6.74. The van der Waals surface area contributed by atoms with Crippen LogP contribution in [0, 0.1) is 28.8 Å². The first-order valence-corrected chi connectivity index (χ1v) is 9.14. The molecule has 0 fully saturated rings. The van der Waals surface area contributed by atoms with Gasteiger partial charge >= 0.3 is 0 Å². The average Bonchev–Trinajstić information content (AvgIpc) is 2.68. The van der Waals surface area contributed by atoms with Crippen molar-refractivity contribution in [1.29, 1.82) is 5.26 Å². The molecule has 0 spiro atoms. The first-order valence-electron chi connectivity index (χ1n) is 9.14. The zero-order chi connectivity index (χ0) is 19.1. The molecule has 0 amide bonds. The Hall–Kier alpha value is -2.80. The predicted molar refractivity (Wildman–Crippen MR) is 99.1 cm³/mol. The summed E-state index contributed by atoms with van der Waals surface area (Å²) in [7, 11) is 0. The highest BCUT2D eigenvalue weighted by atomic mass is 19.1. The summed E-state index contributed by atoms with van der Waals surface area (Å²) in [5.41, 5.74) is 2.12. The molecule has 0 saturated carbocycles. The fraction of sp³-hybridized carbons (Fsp3) is 0.261.